The molecular formula is C16H14N2O2S. The number of nitro groups is 1. The average Bonchev–Trinajstić information content (AvgIpc) is 3.17. The van der Waals surface area contributed by atoms with Crippen molar-refractivity contribution in [1.29, 1.82) is 0 Å². The lowest BCUT2D eigenvalue weighted by Gasteiger charge is -2.36. The van der Waals surface area contributed by atoms with Crippen LogP contribution in [0.5, 0.6) is 0 Å². The van der Waals surface area contributed by atoms with E-state index in [9.17, 15) is 10.1 Å². The Morgan fingerprint density at radius 2 is 2.24 bits per heavy atom. The van der Waals surface area contributed by atoms with Gasteiger partial charge in [-0.15, -0.1) is 11.3 Å². The highest BCUT2D eigenvalue weighted by molar-refractivity contribution is 7.10. The highest BCUT2D eigenvalue weighted by Crippen LogP contribution is 2.51. The summed E-state index contributed by atoms with van der Waals surface area (Å²) in [6.45, 7) is 0. The van der Waals surface area contributed by atoms with E-state index in [1.807, 2.05) is 6.07 Å². The molecule has 0 bridgehead atoms. The second-order valence-electron chi connectivity index (χ2n) is 5.52. The topological polar surface area (TPSA) is 55.2 Å². The molecule has 4 rings (SSSR count). The van der Waals surface area contributed by atoms with E-state index in [1.165, 1.54) is 4.88 Å². The van der Waals surface area contributed by atoms with Crippen molar-refractivity contribution in [3.8, 4) is 0 Å². The zero-order valence-corrected chi connectivity index (χ0v) is 12.0. The largest absolute Gasteiger partial charge is 0.377 e. The van der Waals surface area contributed by atoms with Crippen LogP contribution >= 0.6 is 11.3 Å². The number of allylic oxidation sites excluding steroid dienone is 2. The van der Waals surface area contributed by atoms with Gasteiger partial charge in [-0.2, -0.15) is 0 Å². The van der Waals surface area contributed by atoms with E-state index < -0.39 is 0 Å². The van der Waals surface area contributed by atoms with Crippen LogP contribution < -0.4 is 5.32 Å². The Labute approximate surface area is 126 Å². The van der Waals surface area contributed by atoms with E-state index in [1.54, 1.807) is 23.5 Å². The Kier molecular flexibility index (Phi) is 2.82. The van der Waals surface area contributed by atoms with E-state index >= 15 is 0 Å². The fraction of sp³-hybridized carbons (Fsp3) is 0.250. The average molecular weight is 298 g/mol. The molecule has 0 amide bonds. The van der Waals surface area contributed by atoms with Gasteiger partial charge in [0.1, 0.15) is 0 Å². The number of anilines is 1. The van der Waals surface area contributed by atoms with Crippen molar-refractivity contribution in [1.82, 2.24) is 0 Å². The highest BCUT2D eigenvalue weighted by Gasteiger charge is 2.38. The summed E-state index contributed by atoms with van der Waals surface area (Å²) in [6.07, 6.45) is 5.42. The maximum absolute atomic E-state index is 11.0. The van der Waals surface area contributed by atoms with E-state index in [0.29, 0.717) is 12.0 Å². The molecule has 4 nitrogen and oxygen atoms in total. The minimum absolute atomic E-state index is 0.171. The standard InChI is InChI=1S/C16H14N2O2S/c19-18(20)10-6-7-14-13(9-10)11-3-1-4-12(11)16(17-14)15-5-2-8-21-15/h1-3,5-9,11-12,16-17H,4H2. The van der Waals surface area contributed by atoms with Crippen molar-refractivity contribution in [2.24, 2.45) is 5.92 Å². The first-order valence-electron chi connectivity index (χ1n) is 6.99. The summed E-state index contributed by atoms with van der Waals surface area (Å²) in [5, 5.41) is 16.7. The number of non-ortho nitro benzene ring substituents is 1. The third kappa shape index (κ3) is 1.96. The Bertz CT molecular complexity index is 724. The van der Waals surface area contributed by atoms with Crippen LogP contribution in [0.1, 0.15) is 28.8 Å². The Balaban J connectivity index is 1.80. The SMILES string of the molecule is O=[N+]([O-])c1ccc2c(c1)C1C=CCC1C(c1cccs1)N2. The van der Waals surface area contributed by atoms with Crippen molar-refractivity contribution in [2.75, 3.05) is 5.32 Å². The van der Waals surface area contributed by atoms with Crippen LogP contribution in [-0.4, -0.2) is 4.92 Å². The number of hydrogen-bond acceptors (Lipinski definition) is 4. The zero-order chi connectivity index (χ0) is 14.4. The Morgan fingerprint density at radius 1 is 1.33 bits per heavy atom. The van der Waals surface area contributed by atoms with Gasteiger partial charge in [0, 0.05) is 28.6 Å². The van der Waals surface area contributed by atoms with Crippen LogP contribution in [0.2, 0.25) is 0 Å². The van der Waals surface area contributed by atoms with E-state index in [2.05, 4.69) is 35.0 Å². The third-order valence-electron chi connectivity index (χ3n) is 4.41. The molecule has 1 aliphatic heterocycles. The summed E-state index contributed by atoms with van der Waals surface area (Å²) in [5.41, 5.74) is 2.24. The number of fused-ring (bicyclic) bond motifs is 3. The molecule has 2 aliphatic rings. The lowest BCUT2D eigenvalue weighted by atomic mass is 9.79. The lowest BCUT2D eigenvalue weighted by Crippen LogP contribution is -2.28. The van der Waals surface area contributed by atoms with Gasteiger partial charge in [0.05, 0.1) is 11.0 Å². The molecular weight excluding hydrogens is 284 g/mol. The maximum atomic E-state index is 11.0. The number of nitrogens with zero attached hydrogens (tertiary/aromatic N) is 1. The van der Waals surface area contributed by atoms with Crippen LogP contribution in [-0.2, 0) is 0 Å². The fourth-order valence-electron chi connectivity index (χ4n) is 3.45. The van der Waals surface area contributed by atoms with E-state index in [-0.39, 0.29) is 16.5 Å². The fourth-order valence-corrected chi connectivity index (χ4v) is 4.30. The zero-order valence-electron chi connectivity index (χ0n) is 11.2. The van der Waals surface area contributed by atoms with Gasteiger partial charge < -0.3 is 5.32 Å². The Morgan fingerprint density at radius 3 is 3.00 bits per heavy atom. The molecule has 0 saturated carbocycles. The molecule has 5 heteroatoms. The van der Waals surface area contributed by atoms with Gasteiger partial charge in [-0.05, 0) is 35.4 Å². The number of nitro benzene ring substituents is 1. The van der Waals surface area contributed by atoms with Gasteiger partial charge in [-0.1, -0.05) is 18.2 Å². The summed E-state index contributed by atoms with van der Waals surface area (Å²) in [6, 6.07) is 9.67. The van der Waals surface area contributed by atoms with Gasteiger partial charge >= 0.3 is 0 Å². The van der Waals surface area contributed by atoms with Crippen molar-refractivity contribution >= 4 is 22.7 Å². The number of rotatable bonds is 2. The normalized spacial score (nSPS) is 26.0. The monoisotopic (exact) mass is 298 g/mol. The van der Waals surface area contributed by atoms with Crippen molar-refractivity contribution in [3.05, 3.63) is 68.4 Å². The summed E-state index contributed by atoms with van der Waals surface area (Å²) in [7, 11) is 0. The first-order chi connectivity index (χ1) is 10.2. The second kappa shape index (κ2) is 4.70. The smallest absolute Gasteiger partial charge is 0.269 e. The quantitative estimate of drug-likeness (QED) is 0.505. The molecule has 0 spiro atoms. The van der Waals surface area contributed by atoms with Crippen LogP contribution in [0.25, 0.3) is 0 Å². The molecule has 106 valence electrons. The molecule has 1 N–H and O–H groups in total. The van der Waals surface area contributed by atoms with Gasteiger partial charge in [0.25, 0.3) is 5.69 Å². The first-order valence-corrected chi connectivity index (χ1v) is 7.87. The van der Waals surface area contributed by atoms with Gasteiger partial charge in [0.15, 0.2) is 0 Å². The van der Waals surface area contributed by atoms with Crippen molar-refractivity contribution in [2.45, 2.75) is 18.4 Å². The molecule has 1 aromatic heterocycles. The predicted molar refractivity (Wildman–Crippen MR) is 83.8 cm³/mol. The molecule has 0 radical (unpaired) electrons. The molecule has 21 heavy (non-hydrogen) atoms. The van der Waals surface area contributed by atoms with Gasteiger partial charge in [-0.25, -0.2) is 0 Å². The summed E-state index contributed by atoms with van der Waals surface area (Å²) < 4.78 is 0. The van der Waals surface area contributed by atoms with Gasteiger partial charge in [-0.3, -0.25) is 10.1 Å². The van der Waals surface area contributed by atoms with Crippen LogP contribution in [0.3, 0.4) is 0 Å². The molecule has 2 heterocycles. The van der Waals surface area contributed by atoms with Crippen molar-refractivity contribution in [3.63, 3.8) is 0 Å². The molecule has 1 aliphatic carbocycles. The molecule has 1 aromatic carbocycles. The molecule has 0 fully saturated rings. The summed E-state index contributed by atoms with van der Waals surface area (Å²) >= 11 is 1.76. The summed E-state index contributed by atoms with van der Waals surface area (Å²) in [5.74, 6) is 0.714. The number of nitrogens with one attached hydrogen (secondary N) is 1. The minimum atomic E-state index is -0.320. The molecule has 2 aromatic rings. The third-order valence-corrected chi connectivity index (χ3v) is 5.36. The number of hydrogen-bond donors (Lipinski definition) is 1. The number of thiophene rings is 1. The van der Waals surface area contributed by atoms with E-state index in [4.69, 9.17) is 0 Å². The van der Waals surface area contributed by atoms with Crippen LogP contribution in [0.15, 0.2) is 47.9 Å². The molecule has 3 atom stereocenters. The highest BCUT2D eigenvalue weighted by atomic mass is 32.1. The Hall–Kier alpha value is -2.14. The lowest BCUT2D eigenvalue weighted by molar-refractivity contribution is -0.384. The first kappa shape index (κ1) is 12.6. The molecule has 0 saturated heterocycles. The van der Waals surface area contributed by atoms with E-state index in [0.717, 1.165) is 17.7 Å². The summed E-state index contributed by atoms with van der Waals surface area (Å²) in [4.78, 5) is 12.0. The molecule has 3 unspecified atom stereocenters. The maximum Gasteiger partial charge on any atom is 0.269 e. The second-order valence-corrected chi connectivity index (χ2v) is 6.50. The predicted octanol–water partition coefficient (Wildman–Crippen LogP) is 4.48. The van der Waals surface area contributed by atoms with Gasteiger partial charge in [0.2, 0.25) is 0 Å². The van der Waals surface area contributed by atoms with Crippen LogP contribution in [0, 0.1) is 16.0 Å². The minimum Gasteiger partial charge on any atom is -0.377 e. The number of benzene rings is 1. The van der Waals surface area contributed by atoms with Crippen LogP contribution in [0.4, 0.5) is 11.4 Å². The van der Waals surface area contributed by atoms with Crippen molar-refractivity contribution < 1.29 is 4.92 Å².